The number of nitrogens with one attached hydrogen (secondary N) is 1. The van der Waals surface area contributed by atoms with Crippen LogP contribution in [0.1, 0.15) is 36.5 Å². The van der Waals surface area contributed by atoms with Crippen LogP contribution in [0.5, 0.6) is 0 Å². The summed E-state index contributed by atoms with van der Waals surface area (Å²) in [5.74, 6) is -0.699. The summed E-state index contributed by atoms with van der Waals surface area (Å²) in [5.41, 5.74) is -1.58. The molecule has 1 aromatic rings. The second kappa shape index (κ2) is 7.13. The molecule has 1 heterocycles. The molecule has 120 valence electrons. The van der Waals surface area contributed by atoms with E-state index in [1.165, 1.54) is 7.05 Å². The highest BCUT2D eigenvalue weighted by Gasteiger charge is 2.39. The summed E-state index contributed by atoms with van der Waals surface area (Å²) in [6.07, 6.45) is -4.06. The average Bonchev–Trinajstić information content (AvgIpc) is 2.63. The number of aryl methyl sites for hydroxylation is 1. The van der Waals surface area contributed by atoms with E-state index in [4.69, 9.17) is 16.3 Å². The first kappa shape index (κ1) is 17.8. The fourth-order valence-electron chi connectivity index (χ4n) is 1.60. The number of rotatable bonds is 6. The second-order valence-electron chi connectivity index (χ2n) is 4.66. The lowest BCUT2D eigenvalue weighted by Gasteiger charge is -2.08. The summed E-state index contributed by atoms with van der Waals surface area (Å²) in [7, 11) is 1.23. The normalized spacial score (nSPS) is 12.0. The molecule has 0 spiro atoms. The van der Waals surface area contributed by atoms with Crippen molar-refractivity contribution in [2.24, 2.45) is 7.05 Å². The fraction of sp³-hybridized carbons (Fsp3) is 0.667. The molecule has 0 aliphatic heterocycles. The predicted octanol–water partition coefficient (Wildman–Crippen LogP) is 2.64. The van der Waals surface area contributed by atoms with E-state index in [9.17, 15) is 18.0 Å². The zero-order valence-electron chi connectivity index (χ0n) is 11.9. The zero-order valence-corrected chi connectivity index (χ0v) is 12.7. The minimum absolute atomic E-state index is 0.0848. The van der Waals surface area contributed by atoms with E-state index < -0.39 is 22.8 Å². The summed E-state index contributed by atoms with van der Waals surface area (Å²) in [4.78, 5) is 11.9. The Hall–Kier alpha value is -1.28. The molecular weight excluding hydrogens is 311 g/mol. The van der Waals surface area contributed by atoms with Crippen molar-refractivity contribution >= 4 is 17.5 Å². The maximum absolute atomic E-state index is 12.6. The Morgan fingerprint density at radius 1 is 1.48 bits per heavy atom. The minimum atomic E-state index is -4.70. The number of aromatic nitrogens is 2. The van der Waals surface area contributed by atoms with E-state index in [-0.39, 0.29) is 18.3 Å². The van der Waals surface area contributed by atoms with Gasteiger partial charge in [-0.2, -0.15) is 18.3 Å². The third-order valence-corrected chi connectivity index (χ3v) is 2.89. The van der Waals surface area contributed by atoms with Gasteiger partial charge < -0.3 is 10.1 Å². The number of hydrogen-bond acceptors (Lipinski definition) is 3. The van der Waals surface area contributed by atoms with Gasteiger partial charge in [-0.15, -0.1) is 0 Å². The molecule has 0 aromatic carbocycles. The van der Waals surface area contributed by atoms with E-state index in [1.807, 2.05) is 13.8 Å². The smallest absolute Gasteiger partial charge is 0.379 e. The lowest BCUT2D eigenvalue weighted by Crippen LogP contribution is -2.27. The topological polar surface area (TPSA) is 56.1 Å². The molecular formula is C12H17ClF3N3O2. The van der Waals surface area contributed by atoms with Gasteiger partial charge in [-0.1, -0.05) is 11.6 Å². The van der Waals surface area contributed by atoms with Gasteiger partial charge in [0.15, 0.2) is 5.69 Å². The van der Waals surface area contributed by atoms with Gasteiger partial charge in [-0.25, -0.2) is 0 Å². The summed E-state index contributed by atoms with van der Waals surface area (Å²) in [6, 6.07) is 0. The van der Waals surface area contributed by atoms with Crippen molar-refractivity contribution in [1.29, 1.82) is 0 Å². The lowest BCUT2D eigenvalue weighted by atomic mass is 10.3. The van der Waals surface area contributed by atoms with Gasteiger partial charge in [-0.3, -0.25) is 9.48 Å². The van der Waals surface area contributed by atoms with Gasteiger partial charge in [0, 0.05) is 20.2 Å². The summed E-state index contributed by atoms with van der Waals surface area (Å²) < 4.78 is 44.0. The van der Waals surface area contributed by atoms with Crippen LogP contribution in [0.15, 0.2) is 0 Å². The van der Waals surface area contributed by atoms with Crippen molar-refractivity contribution in [1.82, 2.24) is 15.1 Å². The molecule has 9 heteroatoms. The second-order valence-corrected chi connectivity index (χ2v) is 5.04. The Morgan fingerprint density at radius 2 is 2.10 bits per heavy atom. The van der Waals surface area contributed by atoms with Crippen LogP contribution in [0, 0.1) is 0 Å². The molecule has 1 amide bonds. The number of nitrogens with zero attached hydrogens (tertiary/aromatic N) is 2. The third kappa shape index (κ3) is 4.89. The van der Waals surface area contributed by atoms with Crippen molar-refractivity contribution < 1.29 is 22.7 Å². The predicted molar refractivity (Wildman–Crippen MR) is 71.3 cm³/mol. The van der Waals surface area contributed by atoms with Crippen molar-refractivity contribution in [3.05, 3.63) is 16.4 Å². The molecule has 0 aliphatic rings. The summed E-state index contributed by atoms with van der Waals surface area (Å²) in [6.45, 7) is 4.48. The maximum Gasteiger partial charge on any atom is 0.436 e. The quantitative estimate of drug-likeness (QED) is 0.817. The molecule has 1 aromatic heterocycles. The molecule has 0 saturated heterocycles. The highest BCUT2D eigenvalue weighted by Crippen LogP contribution is 2.35. The van der Waals surface area contributed by atoms with Gasteiger partial charge in [0.2, 0.25) is 0 Å². The first-order valence-corrected chi connectivity index (χ1v) is 6.72. The van der Waals surface area contributed by atoms with Crippen LogP contribution in [0.3, 0.4) is 0 Å². The standard InChI is InChI=1S/C12H17ClF3N3O2/c1-7(2)21-6-4-5-17-11(20)9-8(13)10(12(14,15)16)18-19(9)3/h7H,4-6H2,1-3H3,(H,17,20). The fourth-order valence-corrected chi connectivity index (χ4v) is 1.96. The minimum Gasteiger partial charge on any atom is -0.379 e. The monoisotopic (exact) mass is 327 g/mol. The third-order valence-electron chi connectivity index (χ3n) is 2.53. The van der Waals surface area contributed by atoms with Gasteiger partial charge in [-0.05, 0) is 20.3 Å². The Balaban J connectivity index is 2.65. The molecule has 1 N–H and O–H groups in total. The first-order chi connectivity index (χ1) is 9.64. The van der Waals surface area contributed by atoms with E-state index in [0.717, 1.165) is 4.68 Å². The van der Waals surface area contributed by atoms with Gasteiger partial charge >= 0.3 is 6.18 Å². The van der Waals surface area contributed by atoms with E-state index in [0.29, 0.717) is 13.0 Å². The molecule has 1 rings (SSSR count). The van der Waals surface area contributed by atoms with Crippen LogP contribution < -0.4 is 5.32 Å². The Morgan fingerprint density at radius 3 is 2.57 bits per heavy atom. The number of alkyl halides is 3. The van der Waals surface area contributed by atoms with E-state index in [1.54, 1.807) is 0 Å². The Kier molecular flexibility index (Phi) is 6.03. The highest BCUT2D eigenvalue weighted by atomic mass is 35.5. The molecule has 21 heavy (non-hydrogen) atoms. The van der Waals surface area contributed by atoms with Gasteiger partial charge in [0.25, 0.3) is 5.91 Å². The van der Waals surface area contributed by atoms with E-state index in [2.05, 4.69) is 10.4 Å². The SMILES string of the molecule is CC(C)OCCCNC(=O)c1c(Cl)c(C(F)(F)F)nn1C. The summed E-state index contributed by atoms with van der Waals surface area (Å²) in [5, 5.41) is 5.04. The van der Waals surface area contributed by atoms with Crippen LogP contribution in [-0.4, -0.2) is 34.9 Å². The van der Waals surface area contributed by atoms with Crippen LogP contribution >= 0.6 is 11.6 Å². The molecule has 0 aliphatic carbocycles. The van der Waals surface area contributed by atoms with Crippen molar-refractivity contribution in [3.8, 4) is 0 Å². The lowest BCUT2D eigenvalue weighted by molar-refractivity contribution is -0.141. The highest BCUT2D eigenvalue weighted by molar-refractivity contribution is 6.34. The number of halogens is 4. The summed E-state index contributed by atoms with van der Waals surface area (Å²) >= 11 is 5.60. The molecule has 0 bridgehead atoms. The van der Waals surface area contributed by atoms with Gasteiger partial charge in [0.05, 0.1) is 6.10 Å². The van der Waals surface area contributed by atoms with Crippen molar-refractivity contribution in [2.45, 2.75) is 32.5 Å². The average molecular weight is 328 g/mol. The molecule has 0 radical (unpaired) electrons. The molecule has 0 saturated carbocycles. The number of carbonyl (C=O) groups is 1. The maximum atomic E-state index is 12.6. The first-order valence-electron chi connectivity index (χ1n) is 6.34. The molecule has 5 nitrogen and oxygen atoms in total. The van der Waals surface area contributed by atoms with Crippen LogP contribution in [-0.2, 0) is 18.0 Å². The van der Waals surface area contributed by atoms with Crippen molar-refractivity contribution in [3.63, 3.8) is 0 Å². The Labute approximate surface area is 125 Å². The Bertz CT molecular complexity index is 501. The van der Waals surface area contributed by atoms with Crippen LogP contribution in [0.25, 0.3) is 0 Å². The number of hydrogen-bond donors (Lipinski definition) is 1. The van der Waals surface area contributed by atoms with Crippen molar-refractivity contribution in [2.75, 3.05) is 13.2 Å². The zero-order chi connectivity index (χ0) is 16.2. The molecule has 0 fully saturated rings. The van der Waals surface area contributed by atoms with Crippen LogP contribution in [0.4, 0.5) is 13.2 Å². The number of amides is 1. The van der Waals surface area contributed by atoms with Gasteiger partial charge in [0.1, 0.15) is 10.7 Å². The molecule has 0 atom stereocenters. The number of carbonyl (C=O) groups excluding carboxylic acids is 1. The molecule has 0 unspecified atom stereocenters. The largest absolute Gasteiger partial charge is 0.436 e. The van der Waals surface area contributed by atoms with Crippen LogP contribution in [0.2, 0.25) is 5.02 Å². The van der Waals surface area contributed by atoms with E-state index >= 15 is 0 Å². The number of ether oxygens (including phenoxy) is 1.